The number of guanidine groups is 1. The van der Waals surface area contributed by atoms with Crippen LogP contribution < -0.4 is 5.73 Å². The lowest BCUT2D eigenvalue weighted by Gasteiger charge is -2.46. The summed E-state index contributed by atoms with van der Waals surface area (Å²) in [7, 11) is 1.58. The van der Waals surface area contributed by atoms with Crippen LogP contribution in [0.15, 0.2) is 40.0 Å². The Morgan fingerprint density at radius 1 is 1.23 bits per heavy atom. The summed E-state index contributed by atoms with van der Waals surface area (Å²) in [6.07, 6.45) is 2.87. The molecule has 0 saturated carbocycles. The maximum absolute atomic E-state index is 14.7. The normalized spacial score (nSPS) is 22.4. The van der Waals surface area contributed by atoms with Gasteiger partial charge < -0.3 is 10.3 Å². The molecule has 6 nitrogen and oxygen atoms in total. The van der Waals surface area contributed by atoms with E-state index in [9.17, 15) is 9.18 Å². The van der Waals surface area contributed by atoms with Gasteiger partial charge in [0.25, 0.3) is 0 Å². The van der Waals surface area contributed by atoms with E-state index in [4.69, 9.17) is 10.3 Å². The molecule has 0 unspecified atom stereocenters. The van der Waals surface area contributed by atoms with E-state index < -0.39 is 16.8 Å². The first-order valence-corrected chi connectivity index (χ1v) is 8.48. The zero-order valence-electron chi connectivity index (χ0n) is 15.4. The molecular weight excluding hydrogens is 335 g/mol. The van der Waals surface area contributed by atoms with E-state index in [0.717, 1.165) is 11.3 Å². The fourth-order valence-electron chi connectivity index (χ4n) is 3.31. The predicted molar refractivity (Wildman–Crippen MR) is 95.8 cm³/mol. The summed E-state index contributed by atoms with van der Waals surface area (Å²) in [5, 5.41) is 3.89. The van der Waals surface area contributed by atoms with Gasteiger partial charge in [0.15, 0.2) is 5.96 Å². The van der Waals surface area contributed by atoms with Crippen LogP contribution in [-0.4, -0.2) is 29.0 Å². The van der Waals surface area contributed by atoms with Gasteiger partial charge in [0.1, 0.15) is 17.6 Å². The molecule has 138 valence electrons. The predicted octanol–water partition coefficient (Wildman–Crippen LogP) is 2.63. The molecule has 0 aliphatic carbocycles. The van der Waals surface area contributed by atoms with Crippen molar-refractivity contribution in [1.82, 2.24) is 10.1 Å². The molecule has 1 aromatic carbocycles. The Morgan fingerprint density at radius 2 is 1.96 bits per heavy atom. The molecular formula is C19H23FN4O2. The molecule has 2 aromatic rings. The number of rotatable bonds is 4. The molecule has 0 saturated heterocycles. The first-order valence-electron chi connectivity index (χ1n) is 8.48. The van der Waals surface area contributed by atoms with Crippen LogP contribution in [-0.2, 0) is 23.2 Å². The van der Waals surface area contributed by atoms with Crippen molar-refractivity contribution in [1.29, 1.82) is 0 Å². The number of nitrogens with two attached hydrogens (primary N) is 1. The number of nitrogens with zero attached hydrogens (tertiary/aromatic N) is 3. The smallest absolute Gasteiger partial charge is 0.237 e. The fraction of sp³-hybridized carbons (Fsp3) is 0.421. The molecule has 3 rings (SSSR count). The second-order valence-electron chi connectivity index (χ2n) is 7.34. The number of carbonyl (C=O) groups excluding carboxylic acids is 1. The number of halogens is 1. The van der Waals surface area contributed by atoms with Gasteiger partial charge in [-0.05, 0) is 45.2 Å². The minimum Gasteiger partial charge on any atom is -0.369 e. The molecule has 0 fully saturated rings. The zero-order valence-corrected chi connectivity index (χ0v) is 15.4. The molecule has 2 heterocycles. The number of hydrogen-bond acceptors (Lipinski definition) is 5. The van der Waals surface area contributed by atoms with E-state index >= 15 is 0 Å². The van der Waals surface area contributed by atoms with Gasteiger partial charge in [-0.15, -0.1) is 0 Å². The van der Waals surface area contributed by atoms with Gasteiger partial charge in [-0.3, -0.25) is 9.69 Å². The standard InChI is InChI=1S/C19H23FN4O2/c1-18(2)16(25)24(4)17(21)22-19(18,3)14-11-12(6-8-15(14)20)5-7-13-9-10-26-23-13/h6,8-11H,5,7H2,1-4H3,(H2,21,22)/t19-/m1/s1. The van der Waals surface area contributed by atoms with Crippen LogP contribution in [0.1, 0.15) is 37.6 Å². The van der Waals surface area contributed by atoms with Gasteiger partial charge >= 0.3 is 0 Å². The molecule has 26 heavy (non-hydrogen) atoms. The van der Waals surface area contributed by atoms with Gasteiger partial charge in [-0.25, -0.2) is 9.38 Å². The van der Waals surface area contributed by atoms with Gasteiger partial charge in [0, 0.05) is 18.7 Å². The van der Waals surface area contributed by atoms with E-state index in [2.05, 4.69) is 10.1 Å². The Morgan fingerprint density at radius 3 is 2.62 bits per heavy atom. The Labute approximate surface area is 151 Å². The molecule has 0 spiro atoms. The lowest BCUT2D eigenvalue weighted by Crippen LogP contribution is -2.58. The van der Waals surface area contributed by atoms with E-state index in [-0.39, 0.29) is 11.9 Å². The highest BCUT2D eigenvalue weighted by Gasteiger charge is 2.53. The number of amides is 1. The van der Waals surface area contributed by atoms with Crippen LogP contribution in [0.2, 0.25) is 0 Å². The number of hydrogen-bond donors (Lipinski definition) is 1. The van der Waals surface area contributed by atoms with Crippen molar-refractivity contribution >= 4 is 11.9 Å². The average Bonchev–Trinajstić information content (AvgIpc) is 3.11. The minimum absolute atomic E-state index is 0.0872. The first kappa shape index (κ1) is 18.1. The van der Waals surface area contributed by atoms with E-state index in [1.54, 1.807) is 46.0 Å². The van der Waals surface area contributed by atoms with Crippen LogP contribution in [0.4, 0.5) is 4.39 Å². The summed E-state index contributed by atoms with van der Waals surface area (Å²) in [5.74, 6) is -0.510. The lowest BCUT2D eigenvalue weighted by molar-refractivity contribution is -0.140. The maximum atomic E-state index is 14.7. The molecule has 7 heteroatoms. The third-order valence-electron chi connectivity index (χ3n) is 5.45. The molecule has 1 aromatic heterocycles. The summed E-state index contributed by atoms with van der Waals surface area (Å²) in [4.78, 5) is 18.6. The van der Waals surface area contributed by atoms with Crippen molar-refractivity contribution in [3.05, 3.63) is 53.2 Å². The van der Waals surface area contributed by atoms with Crippen molar-refractivity contribution in [2.24, 2.45) is 16.1 Å². The molecule has 0 radical (unpaired) electrons. The molecule has 2 N–H and O–H groups in total. The van der Waals surface area contributed by atoms with Gasteiger partial charge in [-0.2, -0.15) is 0 Å². The largest absolute Gasteiger partial charge is 0.369 e. The van der Waals surface area contributed by atoms with Crippen molar-refractivity contribution in [3.8, 4) is 0 Å². The summed E-state index contributed by atoms with van der Waals surface area (Å²) in [5.41, 5.74) is 6.01. The minimum atomic E-state index is -1.10. The summed E-state index contributed by atoms with van der Waals surface area (Å²) >= 11 is 0. The number of benzene rings is 1. The highest BCUT2D eigenvalue weighted by atomic mass is 19.1. The summed E-state index contributed by atoms with van der Waals surface area (Å²) in [6, 6.07) is 6.73. The van der Waals surface area contributed by atoms with Crippen molar-refractivity contribution in [2.75, 3.05) is 7.05 Å². The third kappa shape index (κ3) is 2.77. The second kappa shape index (κ2) is 6.23. The quantitative estimate of drug-likeness (QED) is 0.910. The molecule has 0 bridgehead atoms. The van der Waals surface area contributed by atoms with Gasteiger partial charge in [0.05, 0.1) is 11.1 Å². The summed E-state index contributed by atoms with van der Waals surface area (Å²) in [6.45, 7) is 5.29. The highest BCUT2D eigenvalue weighted by Crippen LogP contribution is 2.47. The van der Waals surface area contributed by atoms with Crippen molar-refractivity contribution in [3.63, 3.8) is 0 Å². The van der Waals surface area contributed by atoms with E-state index in [0.29, 0.717) is 18.4 Å². The molecule has 1 amide bonds. The summed E-state index contributed by atoms with van der Waals surface area (Å²) < 4.78 is 19.6. The zero-order chi connectivity index (χ0) is 19.1. The topological polar surface area (TPSA) is 84.7 Å². The number of aliphatic imine (C=N–C) groups is 1. The molecule has 1 aliphatic rings. The van der Waals surface area contributed by atoms with Crippen LogP contribution in [0.25, 0.3) is 0 Å². The maximum Gasteiger partial charge on any atom is 0.237 e. The average molecular weight is 358 g/mol. The highest BCUT2D eigenvalue weighted by molar-refractivity contribution is 6.01. The monoisotopic (exact) mass is 358 g/mol. The lowest BCUT2D eigenvalue weighted by atomic mass is 9.67. The van der Waals surface area contributed by atoms with E-state index in [1.807, 2.05) is 0 Å². The number of aromatic nitrogens is 1. The number of aryl methyl sites for hydroxylation is 2. The molecule has 1 atom stereocenters. The van der Waals surface area contributed by atoms with Gasteiger partial charge in [-0.1, -0.05) is 17.3 Å². The SMILES string of the molecule is CN1C(=O)C(C)(C)[C@@](C)(c2cc(CCc3ccon3)ccc2F)N=C1N. The fourth-order valence-corrected chi connectivity index (χ4v) is 3.31. The van der Waals surface area contributed by atoms with Crippen LogP contribution in [0.3, 0.4) is 0 Å². The second-order valence-corrected chi connectivity index (χ2v) is 7.34. The van der Waals surface area contributed by atoms with Crippen molar-refractivity contribution < 1.29 is 13.7 Å². The molecule has 1 aliphatic heterocycles. The Hall–Kier alpha value is -2.70. The Bertz CT molecular complexity index is 860. The Balaban J connectivity index is 2.01. The van der Waals surface area contributed by atoms with Crippen LogP contribution in [0, 0.1) is 11.2 Å². The van der Waals surface area contributed by atoms with Crippen LogP contribution >= 0.6 is 0 Å². The third-order valence-corrected chi connectivity index (χ3v) is 5.45. The van der Waals surface area contributed by atoms with E-state index in [1.165, 1.54) is 17.2 Å². The number of carbonyl (C=O) groups is 1. The van der Waals surface area contributed by atoms with Gasteiger partial charge in [0.2, 0.25) is 5.91 Å². The van der Waals surface area contributed by atoms with Crippen LogP contribution in [0.5, 0.6) is 0 Å². The Kier molecular flexibility index (Phi) is 4.34. The first-order chi connectivity index (χ1) is 12.2. The van der Waals surface area contributed by atoms with Crippen molar-refractivity contribution in [2.45, 2.75) is 39.2 Å².